The van der Waals surface area contributed by atoms with Gasteiger partial charge in [0.2, 0.25) is 10.0 Å². The second-order valence-corrected chi connectivity index (χ2v) is 6.48. The number of sulfonamides is 1. The van der Waals surface area contributed by atoms with E-state index in [1.807, 2.05) is 13.8 Å². The Morgan fingerprint density at radius 1 is 1.39 bits per heavy atom. The van der Waals surface area contributed by atoms with E-state index in [1.165, 1.54) is 0 Å². The molecule has 6 nitrogen and oxygen atoms in total. The molecule has 0 saturated carbocycles. The fourth-order valence-corrected chi connectivity index (χ4v) is 3.69. The Morgan fingerprint density at radius 3 is 2.28 bits per heavy atom. The molecule has 0 fully saturated rings. The fraction of sp³-hybridized carbons (Fsp3) is 0.727. The molecular formula is C11H22N4O2S. The van der Waals surface area contributed by atoms with E-state index >= 15 is 0 Å². The van der Waals surface area contributed by atoms with Crippen molar-refractivity contribution in [3.8, 4) is 0 Å². The first-order valence-corrected chi connectivity index (χ1v) is 7.41. The highest BCUT2D eigenvalue weighted by Gasteiger charge is 2.27. The van der Waals surface area contributed by atoms with Gasteiger partial charge in [-0.3, -0.25) is 4.68 Å². The van der Waals surface area contributed by atoms with Crippen molar-refractivity contribution < 1.29 is 8.42 Å². The zero-order chi connectivity index (χ0) is 14.1. The molecule has 0 spiro atoms. The van der Waals surface area contributed by atoms with Crippen molar-refractivity contribution in [1.29, 1.82) is 0 Å². The van der Waals surface area contributed by atoms with Gasteiger partial charge in [-0.2, -0.15) is 5.10 Å². The van der Waals surface area contributed by atoms with E-state index in [1.54, 1.807) is 25.6 Å². The number of hydrogen-bond donors (Lipinski definition) is 2. The molecule has 1 heterocycles. The normalized spacial score (nSPS) is 14.2. The van der Waals surface area contributed by atoms with Gasteiger partial charge in [-0.05, 0) is 19.8 Å². The van der Waals surface area contributed by atoms with Crippen LogP contribution in [0.2, 0.25) is 0 Å². The molecule has 3 N–H and O–H groups in total. The standard InChI is InChI=1S/C11H22N4O2S/c1-7(2)10(6-12)14-18(16,17)11-8(3)13-15(5)9(11)4/h7,10,14H,6,12H2,1-5H3. The number of nitrogens with zero attached hydrogens (tertiary/aromatic N) is 2. The molecule has 104 valence electrons. The average molecular weight is 274 g/mol. The molecule has 1 unspecified atom stereocenters. The Morgan fingerprint density at radius 2 is 1.94 bits per heavy atom. The third kappa shape index (κ3) is 2.90. The lowest BCUT2D eigenvalue weighted by Crippen LogP contribution is -2.43. The summed E-state index contributed by atoms with van der Waals surface area (Å²) in [6.07, 6.45) is 0. The van der Waals surface area contributed by atoms with Gasteiger partial charge in [-0.25, -0.2) is 13.1 Å². The van der Waals surface area contributed by atoms with Crippen LogP contribution in [-0.4, -0.2) is 30.8 Å². The van der Waals surface area contributed by atoms with E-state index in [9.17, 15) is 8.42 Å². The summed E-state index contributed by atoms with van der Waals surface area (Å²) >= 11 is 0. The minimum absolute atomic E-state index is 0.141. The van der Waals surface area contributed by atoms with Crippen LogP contribution in [0.4, 0.5) is 0 Å². The van der Waals surface area contributed by atoms with Crippen LogP contribution in [0.1, 0.15) is 25.2 Å². The number of nitrogens with one attached hydrogen (secondary N) is 1. The van der Waals surface area contributed by atoms with E-state index in [0.29, 0.717) is 11.4 Å². The summed E-state index contributed by atoms with van der Waals surface area (Å²) in [7, 11) is -1.84. The van der Waals surface area contributed by atoms with Gasteiger partial charge in [0.25, 0.3) is 0 Å². The van der Waals surface area contributed by atoms with Crippen molar-refractivity contribution >= 4 is 10.0 Å². The van der Waals surface area contributed by atoms with Crippen LogP contribution >= 0.6 is 0 Å². The van der Waals surface area contributed by atoms with Crippen LogP contribution in [0, 0.1) is 19.8 Å². The quantitative estimate of drug-likeness (QED) is 0.808. The van der Waals surface area contributed by atoms with Gasteiger partial charge in [-0.1, -0.05) is 13.8 Å². The zero-order valence-corrected chi connectivity index (χ0v) is 12.4. The van der Waals surface area contributed by atoms with E-state index < -0.39 is 10.0 Å². The van der Waals surface area contributed by atoms with Crippen molar-refractivity contribution in [1.82, 2.24) is 14.5 Å². The first-order chi connectivity index (χ1) is 8.20. The van der Waals surface area contributed by atoms with Gasteiger partial charge in [0.05, 0.1) is 11.4 Å². The van der Waals surface area contributed by atoms with Gasteiger partial charge in [0, 0.05) is 19.6 Å². The number of hydrogen-bond acceptors (Lipinski definition) is 4. The summed E-state index contributed by atoms with van der Waals surface area (Å²) < 4.78 is 28.9. The monoisotopic (exact) mass is 274 g/mol. The molecule has 1 aromatic rings. The summed E-state index contributed by atoms with van der Waals surface area (Å²) in [5.74, 6) is 0.141. The highest BCUT2D eigenvalue weighted by atomic mass is 32.2. The Bertz CT molecular complexity index is 519. The number of nitrogens with two attached hydrogens (primary N) is 1. The summed E-state index contributed by atoms with van der Waals surface area (Å²) in [6.45, 7) is 7.57. The maximum Gasteiger partial charge on any atom is 0.244 e. The zero-order valence-electron chi connectivity index (χ0n) is 11.6. The smallest absolute Gasteiger partial charge is 0.244 e. The number of aryl methyl sites for hydroxylation is 2. The Balaban J connectivity index is 3.14. The van der Waals surface area contributed by atoms with Crippen molar-refractivity contribution in [2.75, 3.05) is 6.54 Å². The second kappa shape index (κ2) is 5.38. The number of rotatable bonds is 5. The Labute approximate surface area is 109 Å². The SMILES string of the molecule is Cc1nn(C)c(C)c1S(=O)(=O)NC(CN)C(C)C. The van der Waals surface area contributed by atoms with Crippen LogP contribution in [0.25, 0.3) is 0 Å². The topological polar surface area (TPSA) is 90.0 Å². The molecule has 1 atom stereocenters. The molecule has 7 heteroatoms. The molecule has 1 aromatic heterocycles. The van der Waals surface area contributed by atoms with Crippen LogP contribution in [0.3, 0.4) is 0 Å². The first kappa shape index (κ1) is 15.1. The predicted molar refractivity (Wildman–Crippen MR) is 70.7 cm³/mol. The number of aromatic nitrogens is 2. The van der Waals surface area contributed by atoms with Crippen LogP contribution in [0.15, 0.2) is 4.90 Å². The maximum atomic E-state index is 12.3. The molecule has 0 aliphatic heterocycles. The van der Waals surface area contributed by atoms with Crippen molar-refractivity contribution in [2.45, 2.75) is 38.6 Å². The van der Waals surface area contributed by atoms with Crippen molar-refractivity contribution in [3.63, 3.8) is 0 Å². The second-order valence-electron chi connectivity index (χ2n) is 4.83. The average Bonchev–Trinajstić information content (AvgIpc) is 2.49. The molecule has 0 aliphatic rings. The first-order valence-electron chi connectivity index (χ1n) is 5.93. The highest BCUT2D eigenvalue weighted by Crippen LogP contribution is 2.19. The van der Waals surface area contributed by atoms with E-state index in [-0.39, 0.29) is 23.4 Å². The lowest BCUT2D eigenvalue weighted by atomic mass is 10.1. The molecule has 0 amide bonds. The van der Waals surface area contributed by atoms with Gasteiger partial charge in [-0.15, -0.1) is 0 Å². The van der Waals surface area contributed by atoms with E-state index in [0.717, 1.165) is 0 Å². The Hall–Kier alpha value is -0.920. The van der Waals surface area contributed by atoms with E-state index in [4.69, 9.17) is 5.73 Å². The molecule has 0 saturated heterocycles. The molecule has 0 bridgehead atoms. The van der Waals surface area contributed by atoms with Gasteiger partial charge in [0.1, 0.15) is 4.90 Å². The molecule has 0 radical (unpaired) electrons. The van der Waals surface area contributed by atoms with Gasteiger partial charge in [0.15, 0.2) is 0 Å². The summed E-state index contributed by atoms with van der Waals surface area (Å²) in [5.41, 5.74) is 6.72. The fourth-order valence-electron chi connectivity index (χ4n) is 1.86. The van der Waals surface area contributed by atoms with Crippen molar-refractivity contribution in [2.24, 2.45) is 18.7 Å². The van der Waals surface area contributed by atoms with Crippen LogP contribution in [-0.2, 0) is 17.1 Å². The summed E-state index contributed by atoms with van der Waals surface area (Å²) in [4.78, 5) is 0.254. The highest BCUT2D eigenvalue weighted by molar-refractivity contribution is 7.89. The Kier molecular flexibility index (Phi) is 4.52. The predicted octanol–water partition coefficient (Wildman–Crippen LogP) is 0.299. The van der Waals surface area contributed by atoms with Crippen molar-refractivity contribution in [3.05, 3.63) is 11.4 Å². The lowest BCUT2D eigenvalue weighted by Gasteiger charge is -2.20. The molecule has 18 heavy (non-hydrogen) atoms. The van der Waals surface area contributed by atoms with Crippen LogP contribution < -0.4 is 10.5 Å². The van der Waals surface area contributed by atoms with Gasteiger partial charge < -0.3 is 5.73 Å². The van der Waals surface area contributed by atoms with Crippen LogP contribution in [0.5, 0.6) is 0 Å². The maximum absolute atomic E-state index is 12.3. The largest absolute Gasteiger partial charge is 0.329 e. The minimum Gasteiger partial charge on any atom is -0.329 e. The third-order valence-electron chi connectivity index (χ3n) is 3.08. The molecular weight excluding hydrogens is 252 g/mol. The summed E-state index contributed by atoms with van der Waals surface area (Å²) in [6, 6.07) is -0.269. The minimum atomic E-state index is -3.57. The third-order valence-corrected chi connectivity index (χ3v) is 4.82. The van der Waals surface area contributed by atoms with E-state index in [2.05, 4.69) is 9.82 Å². The molecule has 0 aliphatic carbocycles. The molecule has 0 aromatic carbocycles. The van der Waals surface area contributed by atoms with Gasteiger partial charge >= 0.3 is 0 Å². The molecule has 1 rings (SSSR count). The summed E-state index contributed by atoms with van der Waals surface area (Å²) in [5, 5.41) is 4.12. The lowest BCUT2D eigenvalue weighted by molar-refractivity contribution is 0.454.